The van der Waals surface area contributed by atoms with Crippen LogP contribution in [0.4, 0.5) is 5.69 Å². The lowest BCUT2D eigenvalue weighted by atomic mass is 9.95. The summed E-state index contributed by atoms with van der Waals surface area (Å²) in [7, 11) is 0. The van der Waals surface area contributed by atoms with E-state index in [1.54, 1.807) is 19.1 Å². The molecule has 4 heteroatoms. The molecule has 0 saturated carbocycles. The van der Waals surface area contributed by atoms with Crippen LogP contribution in [0.25, 0.3) is 11.1 Å². The predicted molar refractivity (Wildman–Crippen MR) is 80.5 cm³/mol. The van der Waals surface area contributed by atoms with Gasteiger partial charge in [-0.25, -0.2) is 0 Å². The topological polar surface area (TPSA) is 60.2 Å². The Bertz CT molecular complexity index is 765. The average molecular weight is 281 g/mol. The van der Waals surface area contributed by atoms with Crippen molar-refractivity contribution >= 4 is 11.5 Å². The molecule has 0 fully saturated rings. The third-order valence-electron chi connectivity index (χ3n) is 4.12. The zero-order valence-electron chi connectivity index (χ0n) is 11.9. The number of ketones is 1. The van der Waals surface area contributed by atoms with Gasteiger partial charge in [0, 0.05) is 23.1 Å². The maximum Gasteiger partial charge on any atom is 0.272 e. The number of Topliss-reactive ketones (excluding diaryl/α,β-unsaturated/α-hetero) is 1. The van der Waals surface area contributed by atoms with Crippen molar-refractivity contribution in [1.82, 2.24) is 0 Å². The smallest absolute Gasteiger partial charge is 0.272 e. The summed E-state index contributed by atoms with van der Waals surface area (Å²) < 4.78 is 0. The first-order chi connectivity index (χ1) is 9.99. The molecule has 0 heterocycles. The van der Waals surface area contributed by atoms with E-state index in [4.69, 9.17) is 0 Å². The van der Waals surface area contributed by atoms with Crippen LogP contribution >= 0.6 is 0 Å². The fraction of sp³-hybridized carbons (Fsp3) is 0.235. The third kappa shape index (κ3) is 2.13. The summed E-state index contributed by atoms with van der Waals surface area (Å²) in [4.78, 5) is 22.8. The maximum atomic E-state index is 12.1. The highest BCUT2D eigenvalue weighted by molar-refractivity contribution is 6.04. The molecule has 0 radical (unpaired) electrons. The predicted octanol–water partition coefficient (Wildman–Crippen LogP) is 3.95. The maximum absolute atomic E-state index is 12.1. The first-order valence-corrected chi connectivity index (χ1v) is 6.90. The quantitative estimate of drug-likeness (QED) is 0.618. The zero-order valence-corrected chi connectivity index (χ0v) is 11.9. The first-order valence-electron chi connectivity index (χ1n) is 6.90. The Kier molecular flexibility index (Phi) is 3.09. The summed E-state index contributed by atoms with van der Waals surface area (Å²) in [5, 5.41) is 11.1. The molecule has 0 bridgehead atoms. The van der Waals surface area contributed by atoms with E-state index in [0.717, 1.165) is 22.3 Å². The molecule has 3 rings (SSSR count). The molecule has 0 amide bonds. The second-order valence-corrected chi connectivity index (χ2v) is 5.56. The highest BCUT2D eigenvalue weighted by Gasteiger charge is 2.29. The molecule has 0 saturated heterocycles. The van der Waals surface area contributed by atoms with Gasteiger partial charge in [-0.3, -0.25) is 14.9 Å². The van der Waals surface area contributed by atoms with Gasteiger partial charge in [0.25, 0.3) is 5.69 Å². The fourth-order valence-electron chi connectivity index (χ4n) is 2.95. The van der Waals surface area contributed by atoms with E-state index >= 15 is 0 Å². The fourth-order valence-corrected chi connectivity index (χ4v) is 2.95. The molecule has 0 aliphatic heterocycles. The number of fused-ring (bicyclic) bond motifs is 1. The van der Waals surface area contributed by atoms with E-state index in [2.05, 4.69) is 0 Å². The monoisotopic (exact) mass is 281 g/mol. The van der Waals surface area contributed by atoms with E-state index < -0.39 is 0 Å². The average Bonchev–Trinajstić information content (AvgIpc) is 2.75. The Morgan fingerprint density at radius 3 is 2.62 bits per heavy atom. The number of aryl methyl sites for hydroxylation is 1. The minimum Gasteiger partial charge on any atom is -0.294 e. The molecule has 1 atom stereocenters. The largest absolute Gasteiger partial charge is 0.294 e. The zero-order chi connectivity index (χ0) is 15.1. The number of rotatable bonds is 2. The van der Waals surface area contributed by atoms with Crippen LogP contribution < -0.4 is 0 Å². The van der Waals surface area contributed by atoms with Crippen LogP contribution in [0.5, 0.6) is 0 Å². The van der Waals surface area contributed by atoms with Gasteiger partial charge in [-0.1, -0.05) is 37.3 Å². The van der Waals surface area contributed by atoms with E-state index in [9.17, 15) is 14.9 Å². The molecule has 1 aliphatic carbocycles. The number of carbonyl (C=O) groups is 1. The lowest BCUT2D eigenvalue weighted by Crippen LogP contribution is -2.02. The van der Waals surface area contributed by atoms with Crippen LogP contribution in [0.15, 0.2) is 36.4 Å². The van der Waals surface area contributed by atoms with Crippen molar-refractivity contribution in [3.05, 3.63) is 63.2 Å². The second-order valence-electron chi connectivity index (χ2n) is 5.56. The number of nitrogens with zero attached hydrogens (tertiary/aromatic N) is 1. The molecule has 2 aromatic rings. The summed E-state index contributed by atoms with van der Waals surface area (Å²) >= 11 is 0. The van der Waals surface area contributed by atoms with Gasteiger partial charge in [0.05, 0.1) is 4.92 Å². The van der Waals surface area contributed by atoms with Crippen molar-refractivity contribution < 1.29 is 9.72 Å². The minimum atomic E-state index is -0.365. The van der Waals surface area contributed by atoms with Gasteiger partial charge >= 0.3 is 0 Å². The molecule has 1 unspecified atom stereocenters. The SMILES string of the molecule is Cc1ccc(-c2cccc3c2CC(C)C3=O)cc1[N+](=O)[O-]. The van der Waals surface area contributed by atoms with Crippen LogP contribution in [0.3, 0.4) is 0 Å². The Hall–Kier alpha value is -2.49. The van der Waals surface area contributed by atoms with Crippen molar-refractivity contribution in [2.45, 2.75) is 20.3 Å². The summed E-state index contributed by atoms with van der Waals surface area (Å²) in [5.74, 6) is 0.148. The van der Waals surface area contributed by atoms with Crippen molar-refractivity contribution in [3.63, 3.8) is 0 Å². The molecule has 106 valence electrons. The van der Waals surface area contributed by atoms with Crippen LogP contribution in [0.1, 0.15) is 28.4 Å². The molecule has 0 spiro atoms. The van der Waals surface area contributed by atoms with Crippen molar-refractivity contribution in [1.29, 1.82) is 0 Å². The number of nitro benzene ring substituents is 1. The van der Waals surface area contributed by atoms with Crippen LogP contribution in [0.2, 0.25) is 0 Å². The number of benzene rings is 2. The molecule has 4 nitrogen and oxygen atoms in total. The van der Waals surface area contributed by atoms with Gasteiger partial charge in [-0.05, 0) is 30.0 Å². The Morgan fingerprint density at radius 2 is 1.90 bits per heavy atom. The van der Waals surface area contributed by atoms with Crippen LogP contribution in [-0.4, -0.2) is 10.7 Å². The first kappa shape index (κ1) is 13.5. The normalized spacial score (nSPS) is 16.9. The molecule has 21 heavy (non-hydrogen) atoms. The second kappa shape index (κ2) is 4.81. The van der Waals surface area contributed by atoms with Crippen LogP contribution in [0, 0.1) is 23.0 Å². The molecule has 0 N–H and O–H groups in total. The molecular weight excluding hydrogens is 266 g/mol. The van der Waals surface area contributed by atoms with E-state index in [1.165, 1.54) is 0 Å². The summed E-state index contributed by atoms with van der Waals surface area (Å²) in [6.45, 7) is 3.65. The lowest BCUT2D eigenvalue weighted by molar-refractivity contribution is -0.385. The highest BCUT2D eigenvalue weighted by atomic mass is 16.6. The molecular formula is C17H15NO3. The Labute approximate surface area is 122 Å². The van der Waals surface area contributed by atoms with Gasteiger partial charge < -0.3 is 0 Å². The standard InChI is InChI=1S/C17H15NO3/c1-10-6-7-12(9-16(10)18(20)21)13-4-3-5-14-15(13)8-11(2)17(14)19/h3-7,9,11H,8H2,1-2H3. The third-order valence-corrected chi connectivity index (χ3v) is 4.12. The van der Waals surface area contributed by atoms with Gasteiger partial charge in [0.1, 0.15) is 0 Å². The summed E-state index contributed by atoms with van der Waals surface area (Å²) in [5.41, 5.74) is 4.24. The number of carbonyl (C=O) groups excluding carboxylic acids is 1. The van der Waals surface area contributed by atoms with Gasteiger partial charge in [0.2, 0.25) is 0 Å². The minimum absolute atomic E-state index is 0.0124. The van der Waals surface area contributed by atoms with E-state index in [-0.39, 0.29) is 22.3 Å². The molecule has 0 aromatic heterocycles. The summed E-state index contributed by atoms with van der Waals surface area (Å²) in [6.07, 6.45) is 0.700. The summed E-state index contributed by atoms with van der Waals surface area (Å²) in [6, 6.07) is 10.8. The van der Waals surface area contributed by atoms with Crippen molar-refractivity contribution in [2.75, 3.05) is 0 Å². The number of hydrogen-bond acceptors (Lipinski definition) is 3. The van der Waals surface area contributed by atoms with Crippen LogP contribution in [-0.2, 0) is 6.42 Å². The number of hydrogen-bond donors (Lipinski definition) is 0. The van der Waals surface area contributed by atoms with Gasteiger partial charge in [-0.15, -0.1) is 0 Å². The highest BCUT2D eigenvalue weighted by Crippen LogP contribution is 2.36. The lowest BCUT2D eigenvalue weighted by Gasteiger charge is -2.08. The van der Waals surface area contributed by atoms with Gasteiger partial charge in [-0.2, -0.15) is 0 Å². The Balaban J connectivity index is 2.18. The van der Waals surface area contributed by atoms with Gasteiger partial charge in [0.15, 0.2) is 5.78 Å². The van der Waals surface area contributed by atoms with E-state index in [1.807, 2.05) is 31.2 Å². The Morgan fingerprint density at radius 1 is 1.19 bits per heavy atom. The van der Waals surface area contributed by atoms with Crippen molar-refractivity contribution in [3.8, 4) is 11.1 Å². The molecule has 2 aromatic carbocycles. The number of nitro groups is 1. The van der Waals surface area contributed by atoms with E-state index in [0.29, 0.717) is 12.0 Å². The van der Waals surface area contributed by atoms with Crippen molar-refractivity contribution in [2.24, 2.45) is 5.92 Å². The molecule has 1 aliphatic rings.